The standard InChI is InChI=1S/C19H23BrO3/c1-19-8-7-12-11-4-3-10(23-2)9-13(11)18(22)17(20)16(12)14(19)5-6-15(19)21/h3-4,9,12,14-17,21H,5-8H2,1-2H3/t12?,14?,15?,16?,17?,19-/m0/s1. The predicted octanol–water partition coefficient (Wildman–Crippen LogP) is 3.93. The van der Waals surface area contributed by atoms with Crippen molar-refractivity contribution in [2.75, 3.05) is 7.11 Å². The van der Waals surface area contributed by atoms with Gasteiger partial charge in [0.05, 0.1) is 18.0 Å². The van der Waals surface area contributed by atoms with Gasteiger partial charge in [0.15, 0.2) is 5.78 Å². The van der Waals surface area contributed by atoms with Crippen molar-refractivity contribution < 1.29 is 14.6 Å². The molecule has 0 heterocycles. The Hall–Kier alpha value is -0.870. The van der Waals surface area contributed by atoms with Gasteiger partial charge in [0.25, 0.3) is 0 Å². The van der Waals surface area contributed by atoms with Crippen LogP contribution in [-0.2, 0) is 0 Å². The number of ether oxygens (including phenoxy) is 1. The zero-order chi connectivity index (χ0) is 16.4. The van der Waals surface area contributed by atoms with Gasteiger partial charge in [-0.25, -0.2) is 0 Å². The highest BCUT2D eigenvalue weighted by atomic mass is 79.9. The third-order valence-electron chi connectivity index (χ3n) is 6.80. The molecule has 0 bridgehead atoms. The minimum atomic E-state index is -0.222. The molecule has 1 aromatic rings. The van der Waals surface area contributed by atoms with Crippen LogP contribution in [0.2, 0.25) is 0 Å². The first-order valence-electron chi connectivity index (χ1n) is 8.51. The Kier molecular flexibility index (Phi) is 3.62. The lowest BCUT2D eigenvalue weighted by Crippen LogP contribution is -2.49. The number of alkyl halides is 1. The van der Waals surface area contributed by atoms with Crippen LogP contribution in [0, 0.1) is 17.3 Å². The molecule has 124 valence electrons. The Labute approximate surface area is 145 Å². The Balaban J connectivity index is 1.80. The summed E-state index contributed by atoms with van der Waals surface area (Å²) in [6, 6.07) is 5.94. The lowest BCUT2D eigenvalue weighted by Gasteiger charge is -2.51. The third kappa shape index (κ3) is 2.07. The van der Waals surface area contributed by atoms with Gasteiger partial charge in [-0.2, -0.15) is 0 Å². The number of ketones is 1. The van der Waals surface area contributed by atoms with Gasteiger partial charge in [0.1, 0.15) is 5.75 Å². The van der Waals surface area contributed by atoms with E-state index in [1.807, 2.05) is 12.1 Å². The number of halogens is 1. The van der Waals surface area contributed by atoms with E-state index in [1.165, 1.54) is 5.56 Å². The molecule has 23 heavy (non-hydrogen) atoms. The molecule has 3 aliphatic carbocycles. The van der Waals surface area contributed by atoms with Crippen molar-refractivity contribution in [1.82, 2.24) is 0 Å². The van der Waals surface area contributed by atoms with Crippen molar-refractivity contribution in [3.05, 3.63) is 29.3 Å². The van der Waals surface area contributed by atoms with E-state index in [4.69, 9.17) is 4.74 Å². The van der Waals surface area contributed by atoms with E-state index in [1.54, 1.807) is 7.11 Å². The largest absolute Gasteiger partial charge is 0.497 e. The molecule has 6 atom stereocenters. The SMILES string of the molecule is COc1ccc2c(c1)C(=O)C(Br)C1C2CC[C@]2(C)C(O)CCC12. The third-order valence-corrected chi connectivity index (χ3v) is 7.82. The van der Waals surface area contributed by atoms with E-state index in [-0.39, 0.29) is 22.1 Å². The maximum atomic E-state index is 12.9. The van der Waals surface area contributed by atoms with Gasteiger partial charge in [-0.05, 0) is 66.5 Å². The molecular formula is C19H23BrO3. The monoisotopic (exact) mass is 378 g/mol. The number of rotatable bonds is 1. The van der Waals surface area contributed by atoms with Crippen molar-refractivity contribution >= 4 is 21.7 Å². The van der Waals surface area contributed by atoms with Gasteiger partial charge in [0, 0.05) is 5.56 Å². The van der Waals surface area contributed by atoms with E-state index in [9.17, 15) is 9.90 Å². The number of aliphatic hydroxyl groups excluding tert-OH is 1. The second-order valence-electron chi connectivity index (χ2n) is 7.65. The van der Waals surface area contributed by atoms with E-state index in [0.717, 1.165) is 37.0 Å². The molecule has 4 heteroatoms. The van der Waals surface area contributed by atoms with Crippen LogP contribution in [0.4, 0.5) is 0 Å². The van der Waals surface area contributed by atoms with Crippen LogP contribution in [0.5, 0.6) is 5.75 Å². The number of benzene rings is 1. The summed E-state index contributed by atoms with van der Waals surface area (Å²) in [6.07, 6.45) is 3.76. The topological polar surface area (TPSA) is 46.5 Å². The van der Waals surface area contributed by atoms with Crippen molar-refractivity contribution in [1.29, 1.82) is 0 Å². The Morgan fingerprint density at radius 2 is 2.09 bits per heavy atom. The fraction of sp³-hybridized carbons (Fsp3) is 0.632. The van der Waals surface area contributed by atoms with Gasteiger partial charge < -0.3 is 9.84 Å². The minimum Gasteiger partial charge on any atom is -0.497 e. The molecule has 3 nitrogen and oxygen atoms in total. The first-order valence-corrected chi connectivity index (χ1v) is 9.43. The summed E-state index contributed by atoms with van der Waals surface area (Å²) in [5.41, 5.74) is 1.96. The van der Waals surface area contributed by atoms with Gasteiger partial charge in [-0.1, -0.05) is 28.9 Å². The second-order valence-corrected chi connectivity index (χ2v) is 8.63. The van der Waals surface area contributed by atoms with Gasteiger partial charge >= 0.3 is 0 Å². The number of fused-ring (bicyclic) bond motifs is 5. The zero-order valence-corrected chi connectivity index (χ0v) is 15.2. The lowest BCUT2D eigenvalue weighted by molar-refractivity contribution is -0.0189. The van der Waals surface area contributed by atoms with Crippen LogP contribution in [0.1, 0.15) is 54.4 Å². The van der Waals surface area contributed by atoms with Crippen LogP contribution in [0.15, 0.2) is 18.2 Å². The molecule has 0 saturated heterocycles. The molecule has 0 amide bonds. The zero-order valence-electron chi connectivity index (χ0n) is 13.6. The molecule has 0 aromatic heterocycles. The predicted molar refractivity (Wildman–Crippen MR) is 92.3 cm³/mol. The molecule has 1 aromatic carbocycles. The number of hydrogen-bond donors (Lipinski definition) is 1. The van der Waals surface area contributed by atoms with Crippen LogP contribution >= 0.6 is 15.9 Å². The van der Waals surface area contributed by atoms with Gasteiger partial charge in [-0.3, -0.25) is 4.79 Å². The second kappa shape index (κ2) is 5.32. The van der Waals surface area contributed by atoms with Crippen molar-refractivity contribution in [3.8, 4) is 5.75 Å². The summed E-state index contributed by atoms with van der Waals surface area (Å²) in [5.74, 6) is 2.03. The van der Waals surface area contributed by atoms with Gasteiger partial charge in [0.2, 0.25) is 0 Å². The average molecular weight is 379 g/mol. The van der Waals surface area contributed by atoms with E-state index >= 15 is 0 Å². The first-order chi connectivity index (χ1) is 11.0. The number of carbonyl (C=O) groups is 1. The fourth-order valence-corrected chi connectivity index (χ4v) is 6.44. The Morgan fingerprint density at radius 3 is 2.83 bits per heavy atom. The van der Waals surface area contributed by atoms with E-state index in [0.29, 0.717) is 17.8 Å². The molecule has 0 aliphatic heterocycles. The summed E-state index contributed by atoms with van der Waals surface area (Å²) in [7, 11) is 1.63. The molecule has 1 N–H and O–H groups in total. The summed E-state index contributed by atoms with van der Waals surface area (Å²) in [6.45, 7) is 2.22. The van der Waals surface area contributed by atoms with Crippen molar-refractivity contribution in [3.63, 3.8) is 0 Å². The Morgan fingerprint density at radius 1 is 1.30 bits per heavy atom. The molecule has 3 aliphatic rings. The molecule has 2 saturated carbocycles. The Bertz CT molecular complexity index is 658. The molecule has 2 fully saturated rings. The van der Waals surface area contributed by atoms with Crippen molar-refractivity contribution in [2.45, 2.75) is 49.5 Å². The van der Waals surface area contributed by atoms with Crippen molar-refractivity contribution in [2.24, 2.45) is 17.3 Å². The van der Waals surface area contributed by atoms with Gasteiger partial charge in [-0.15, -0.1) is 0 Å². The van der Waals surface area contributed by atoms with Crippen LogP contribution in [0.3, 0.4) is 0 Å². The molecule has 4 rings (SSSR count). The number of aliphatic hydroxyl groups is 1. The first kappa shape index (κ1) is 15.6. The summed E-state index contributed by atoms with van der Waals surface area (Å²) >= 11 is 3.72. The highest BCUT2D eigenvalue weighted by Gasteiger charge is 2.57. The number of carbonyl (C=O) groups excluding carboxylic acids is 1. The van der Waals surface area contributed by atoms with E-state index < -0.39 is 0 Å². The van der Waals surface area contributed by atoms with Crippen LogP contribution in [0.25, 0.3) is 0 Å². The molecule has 0 radical (unpaired) electrons. The average Bonchev–Trinajstić information content (AvgIpc) is 2.87. The quantitative estimate of drug-likeness (QED) is 0.753. The maximum absolute atomic E-state index is 12.9. The number of Topliss-reactive ketones (excluding diaryl/α,β-unsaturated/α-hetero) is 1. The maximum Gasteiger partial charge on any atom is 0.177 e. The lowest BCUT2D eigenvalue weighted by atomic mass is 9.55. The number of hydrogen-bond acceptors (Lipinski definition) is 3. The summed E-state index contributed by atoms with van der Waals surface area (Å²) in [4.78, 5) is 12.8. The molecule has 5 unspecified atom stereocenters. The van der Waals surface area contributed by atoms with Crippen LogP contribution < -0.4 is 4.74 Å². The van der Waals surface area contributed by atoms with Crippen LogP contribution in [-0.4, -0.2) is 28.9 Å². The van der Waals surface area contributed by atoms with E-state index in [2.05, 4.69) is 28.9 Å². The highest BCUT2D eigenvalue weighted by molar-refractivity contribution is 9.10. The summed E-state index contributed by atoms with van der Waals surface area (Å²) < 4.78 is 5.30. The minimum absolute atomic E-state index is 0.0303. The number of methoxy groups -OCH3 is 1. The fourth-order valence-electron chi connectivity index (χ4n) is 5.46. The smallest absolute Gasteiger partial charge is 0.177 e. The highest BCUT2D eigenvalue weighted by Crippen LogP contribution is 2.61. The summed E-state index contributed by atoms with van der Waals surface area (Å²) in [5, 5.41) is 10.5. The molecule has 0 spiro atoms. The normalized spacial score (nSPS) is 41.9. The molecular weight excluding hydrogens is 356 g/mol.